The number of nitrogens with one attached hydrogen (secondary N) is 2. The van der Waals surface area contributed by atoms with E-state index in [9.17, 15) is 14.4 Å². The van der Waals surface area contributed by atoms with Crippen LogP contribution >= 0.6 is 0 Å². The molecule has 0 spiro atoms. The Kier molecular flexibility index (Phi) is 5.83. The zero-order valence-corrected chi connectivity index (χ0v) is 16.4. The number of ketones is 1. The van der Waals surface area contributed by atoms with Gasteiger partial charge in [-0.3, -0.25) is 19.4 Å². The molecule has 3 aromatic rings. The van der Waals surface area contributed by atoms with Crippen LogP contribution in [-0.4, -0.2) is 22.6 Å². The highest BCUT2D eigenvalue weighted by Gasteiger charge is 2.14. The van der Waals surface area contributed by atoms with Gasteiger partial charge in [-0.15, -0.1) is 0 Å². The van der Waals surface area contributed by atoms with Gasteiger partial charge >= 0.3 is 0 Å². The molecule has 3 rings (SSSR count). The maximum absolute atomic E-state index is 12.6. The van der Waals surface area contributed by atoms with Crippen LogP contribution in [0.3, 0.4) is 0 Å². The first kappa shape index (κ1) is 19.9. The van der Waals surface area contributed by atoms with E-state index in [1.54, 1.807) is 24.3 Å². The third-order valence-corrected chi connectivity index (χ3v) is 4.52. The van der Waals surface area contributed by atoms with Crippen molar-refractivity contribution in [3.8, 4) is 0 Å². The standard InChI is InChI=1S/C23H21N3O3/c1-14-5-4-6-15(2)21(14)26-23(29)20-13-18(11-12-24-20)22(28)25-19-9-7-17(8-10-19)16(3)27/h4-13H,1-3H3,(H,25,28)(H,26,29). The van der Waals surface area contributed by atoms with Gasteiger partial charge in [-0.25, -0.2) is 0 Å². The minimum Gasteiger partial charge on any atom is -0.322 e. The summed E-state index contributed by atoms with van der Waals surface area (Å²) in [6.45, 7) is 5.31. The van der Waals surface area contributed by atoms with Crippen molar-refractivity contribution in [1.82, 2.24) is 4.98 Å². The third kappa shape index (κ3) is 4.73. The number of nitrogens with zero attached hydrogens (tertiary/aromatic N) is 1. The molecule has 1 heterocycles. The molecule has 0 aliphatic carbocycles. The first-order valence-corrected chi connectivity index (χ1v) is 9.11. The Labute approximate surface area is 169 Å². The zero-order valence-electron chi connectivity index (χ0n) is 16.4. The summed E-state index contributed by atoms with van der Waals surface area (Å²) in [6, 6.07) is 15.3. The molecule has 0 fully saturated rings. The van der Waals surface area contributed by atoms with Gasteiger partial charge in [-0.05, 0) is 68.3 Å². The summed E-state index contributed by atoms with van der Waals surface area (Å²) in [5.74, 6) is -0.802. The molecule has 0 radical (unpaired) electrons. The molecule has 0 bridgehead atoms. The Morgan fingerprint density at radius 3 is 2.07 bits per heavy atom. The number of hydrogen-bond acceptors (Lipinski definition) is 4. The van der Waals surface area contributed by atoms with Crippen molar-refractivity contribution >= 4 is 29.0 Å². The number of rotatable bonds is 5. The van der Waals surface area contributed by atoms with Gasteiger partial charge in [-0.2, -0.15) is 0 Å². The predicted octanol–water partition coefficient (Wildman–Crippen LogP) is 4.41. The van der Waals surface area contributed by atoms with Crippen molar-refractivity contribution in [2.45, 2.75) is 20.8 Å². The highest BCUT2D eigenvalue weighted by Crippen LogP contribution is 2.20. The van der Waals surface area contributed by atoms with Crippen molar-refractivity contribution in [3.63, 3.8) is 0 Å². The zero-order chi connectivity index (χ0) is 21.0. The molecular formula is C23H21N3O3. The second kappa shape index (κ2) is 8.48. The minimum atomic E-state index is -0.386. The Morgan fingerprint density at radius 1 is 0.793 bits per heavy atom. The molecule has 29 heavy (non-hydrogen) atoms. The minimum absolute atomic E-state index is 0.0449. The number of aryl methyl sites for hydroxylation is 2. The molecule has 146 valence electrons. The molecule has 0 aliphatic rings. The number of aromatic nitrogens is 1. The number of carbonyl (C=O) groups is 3. The first-order chi connectivity index (χ1) is 13.8. The molecular weight excluding hydrogens is 366 g/mol. The van der Waals surface area contributed by atoms with Crippen LogP contribution in [0.15, 0.2) is 60.8 Å². The second-order valence-electron chi connectivity index (χ2n) is 6.74. The number of carbonyl (C=O) groups excluding carboxylic acids is 3. The average Bonchev–Trinajstić information content (AvgIpc) is 2.71. The Balaban J connectivity index is 1.75. The molecule has 2 N–H and O–H groups in total. The molecule has 6 nitrogen and oxygen atoms in total. The highest BCUT2D eigenvalue weighted by molar-refractivity contribution is 6.08. The van der Waals surface area contributed by atoms with Crippen molar-refractivity contribution < 1.29 is 14.4 Å². The lowest BCUT2D eigenvalue weighted by atomic mass is 10.1. The topological polar surface area (TPSA) is 88.2 Å². The van der Waals surface area contributed by atoms with Gasteiger partial charge in [-0.1, -0.05) is 18.2 Å². The highest BCUT2D eigenvalue weighted by atomic mass is 16.2. The van der Waals surface area contributed by atoms with Crippen molar-refractivity contribution in [3.05, 3.63) is 88.7 Å². The smallest absolute Gasteiger partial charge is 0.274 e. The van der Waals surface area contributed by atoms with Gasteiger partial charge in [0, 0.05) is 28.7 Å². The van der Waals surface area contributed by atoms with E-state index in [4.69, 9.17) is 0 Å². The number of amides is 2. The molecule has 0 unspecified atom stereocenters. The summed E-state index contributed by atoms with van der Waals surface area (Å²) in [4.78, 5) is 40.6. The Morgan fingerprint density at radius 2 is 1.45 bits per heavy atom. The van der Waals surface area contributed by atoms with E-state index in [0.29, 0.717) is 16.8 Å². The molecule has 0 saturated heterocycles. The number of Topliss-reactive ketones (excluding diaryl/α,β-unsaturated/α-hetero) is 1. The normalized spacial score (nSPS) is 10.3. The van der Waals surface area contributed by atoms with E-state index in [2.05, 4.69) is 15.6 Å². The van der Waals surface area contributed by atoms with E-state index in [1.807, 2.05) is 32.0 Å². The van der Waals surface area contributed by atoms with Gasteiger partial charge in [0.25, 0.3) is 11.8 Å². The summed E-state index contributed by atoms with van der Waals surface area (Å²) in [6.07, 6.45) is 1.42. The van der Waals surface area contributed by atoms with Gasteiger partial charge in [0.15, 0.2) is 5.78 Å². The second-order valence-corrected chi connectivity index (χ2v) is 6.74. The quantitative estimate of drug-likeness (QED) is 0.635. The van der Waals surface area contributed by atoms with Crippen LogP contribution in [-0.2, 0) is 0 Å². The summed E-state index contributed by atoms with van der Waals surface area (Å²) in [7, 11) is 0. The summed E-state index contributed by atoms with van der Waals surface area (Å²) in [5.41, 5.74) is 4.20. The predicted molar refractivity (Wildman–Crippen MR) is 113 cm³/mol. The van der Waals surface area contributed by atoms with Crippen LogP contribution in [0.4, 0.5) is 11.4 Å². The van der Waals surface area contributed by atoms with Crippen LogP contribution in [0.1, 0.15) is 49.3 Å². The van der Waals surface area contributed by atoms with Crippen molar-refractivity contribution in [1.29, 1.82) is 0 Å². The molecule has 2 amide bonds. The van der Waals surface area contributed by atoms with Crippen LogP contribution < -0.4 is 10.6 Å². The van der Waals surface area contributed by atoms with Crippen molar-refractivity contribution in [2.75, 3.05) is 10.6 Å². The van der Waals surface area contributed by atoms with E-state index in [-0.39, 0.29) is 23.3 Å². The van der Waals surface area contributed by atoms with Gasteiger partial charge in [0.05, 0.1) is 0 Å². The SMILES string of the molecule is CC(=O)c1ccc(NC(=O)c2ccnc(C(=O)Nc3c(C)cccc3C)c2)cc1. The number of benzene rings is 2. The monoisotopic (exact) mass is 387 g/mol. The fraction of sp³-hybridized carbons (Fsp3) is 0.130. The summed E-state index contributed by atoms with van der Waals surface area (Å²) >= 11 is 0. The van der Waals surface area contributed by atoms with Gasteiger partial charge in [0.1, 0.15) is 5.69 Å². The number of para-hydroxylation sites is 1. The Hall–Kier alpha value is -3.80. The first-order valence-electron chi connectivity index (χ1n) is 9.11. The van der Waals surface area contributed by atoms with E-state index < -0.39 is 0 Å². The molecule has 0 atom stereocenters. The molecule has 0 aliphatic heterocycles. The lowest BCUT2D eigenvalue weighted by molar-refractivity contribution is 0.100. The largest absolute Gasteiger partial charge is 0.322 e. The maximum Gasteiger partial charge on any atom is 0.274 e. The van der Waals surface area contributed by atoms with E-state index in [0.717, 1.165) is 16.8 Å². The van der Waals surface area contributed by atoms with Gasteiger partial charge < -0.3 is 10.6 Å². The lowest BCUT2D eigenvalue weighted by Crippen LogP contribution is -2.18. The van der Waals surface area contributed by atoms with Crippen LogP contribution in [0.5, 0.6) is 0 Å². The average molecular weight is 387 g/mol. The summed E-state index contributed by atoms with van der Waals surface area (Å²) < 4.78 is 0. The fourth-order valence-electron chi connectivity index (χ4n) is 2.88. The lowest BCUT2D eigenvalue weighted by Gasteiger charge is -2.11. The molecule has 0 saturated carbocycles. The fourth-order valence-corrected chi connectivity index (χ4v) is 2.88. The molecule has 2 aromatic carbocycles. The van der Waals surface area contributed by atoms with Crippen LogP contribution in [0.25, 0.3) is 0 Å². The summed E-state index contributed by atoms with van der Waals surface area (Å²) in [5, 5.41) is 5.61. The maximum atomic E-state index is 12.6. The van der Waals surface area contributed by atoms with Crippen molar-refractivity contribution in [2.24, 2.45) is 0 Å². The third-order valence-electron chi connectivity index (χ3n) is 4.52. The van der Waals surface area contributed by atoms with E-state index in [1.165, 1.54) is 25.3 Å². The molecule has 6 heteroatoms. The van der Waals surface area contributed by atoms with Crippen LogP contribution in [0, 0.1) is 13.8 Å². The number of anilines is 2. The number of pyridine rings is 1. The van der Waals surface area contributed by atoms with E-state index >= 15 is 0 Å². The van der Waals surface area contributed by atoms with Gasteiger partial charge in [0.2, 0.25) is 0 Å². The van der Waals surface area contributed by atoms with Crippen LogP contribution in [0.2, 0.25) is 0 Å². The number of hydrogen-bond donors (Lipinski definition) is 2. The Bertz CT molecular complexity index is 1070. The molecule has 1 aromatic heterocycles.